The van der Waals surface area contributed by atoms with Crippen molar-refractivity contribution < 1.29 is 13.9 Å². The molecule has 21 heavy (non-hydrogen) atoms. The van der Waals surface area contributed by atoms with Gasteiger partial charge in [-0.15, -0.1) is 0 Å². The molecule has 0 radical (unpaired) electrons. The molecule has 0 N–H and O–H groups in total. The molecule has 2 aromatic rings. The van der Waals surface area contributed by atoms with Crippen molar-refractivity contribution in [2.75, 3.05) is 0 Å². The summed E-state index contributed by atoms with van der Waals surface area (Å²) >= 11 is 8.89. The predicted octanol–water partition coefficient (Wildman–Crippen LogP) is 4.39. The summed E-state index contributed by atoms with van der Waals surface area (Å²) in [4.78, 5) is 15.4. The second kappa shape index (κ2) is 7.33. The fourth-order valence-corrected chi connectivity index (χ4v) is 1.99. The Morgan fingerprint density at radius 1 is 1.38 bits per heavy atom. The van der Waals surface area contributed by atoms with Crippen LogP contribution in [0.1, 0.15) is 11.1 Å². The largest absolute Gasteiger partial charge is 0.458 e. The molecule has 0 bridgehead atoms. The number of pyridine rings is 1. The number of hydrogen-bond donors (Lipinski definition) is 0. The molecule has 0 aliphatic carbocycles. The number of nitrogens with zero attached hydrogens (tertiary/aromatic N) is 1. The number of ether oxygens (including phenoxy) is 1. The minimum Gasteiger partial charge on any atom is -0.458 e. The second-order valence-corrected chi connectivity index (χ2v) is 5.40. The van der Waals surface area contributed by atoms with Crippen LogP contribution in [0.2, 0.25) is 5.15 Å². The minimum absolute atomic E-state index is 0.0777. The smallest absolute Gasteiger partial charge is 0.331 e. The Balaban J connectivity index is 1.93. The monoisotopic (exact) mass is 369 g/mol. The van der Waals surface area contributed by atoms with E-state index in [-0.39, 0.29) is 6.61 Å². The molecule has 0 fully saturated rings. The van der Waals surface area contributed by atoms with Crippen molar-refractivity contribution in [1.29, 1.82) is 0 Å². The molecule has 0 unspecified atom stereocenters. The van der Waals surface area contributed by atoms with Gasteiger partial charge in [0.2, 0.25) is 0 Å². The highest BCUT2D eigenvalue weighted by atomic mass is 79.9. The summed E-state index contributed by atoms with van der Waals surface area (Å²) in [5, 5.41) is 0.370. The highest BCUT2D eigenvalue weighted by molar-refractivity contribution is 9.10. The highest BCUT2D eigenvalue weighted by Crippen LogP contribution is 2.16. The van der Waals surface area contributed by atoms with E-state index in [1.807, 2.05) is 0 Å². The van der Waals surface area contributed by atoms with E-state index in [0.717, 1.165) is 10.0 Å². The Morgan fingerprint density at radius 3 is 2.90 bits per heavy atom. The van der Waals surface area contributed by atoms with Gasteiger partial charge >= 0.3 is 5.97 Å². The molecule has 2 rings (SSSR count). The maximum absolute atomic E-state index is 13.5. The summed E-state index contributed by atoms with van der Waals surface area (Å²) in [5.41, 5.74) is 1.02. The van der Waals surface area contributed by atoms with Crippen LogP contribution in [0.15, 0.2) is 47.1 Å². The van der Waals surface area contributed by atoms with Crippen LogP contribution >= 0.6 is 27.5 Å². The molecule has 0 saturated carbocycles. The first kappa shape index (κ1) is 15.7. The van der Waals surface area contributed by atoms with Crippen LogP contribution in [0.3, 0.4) is 0 Å². The first-order chi connectivity index (χ1) is 10.0. The lowest BCUT2D eigenvalue weighted by Crippen LogP contribution is -2.01. The molecule has 3 nitrogen and oxygen atoms in total. The quantitative estimate of drug-likeness (QED) is 0.455. The first-order valence-electron chi connectivity index (χ1n) is 5.95. The zero-order valence-corrected chi connectivity index (χ0v) is 13.1. The van der Waals surface area contributed by atoms with Crippen molar-refractivity contribution in [1.82, 2.24) is 4.98 Å². The van der Waals surface area contributed by atoms with Crippen molar-refractivity contribution in [3.8, 4) is 0 Å². The topological polar surface area (TPSA) is 39.2 Å². The molecule has 0 atom stereocenters. The van der Waals surface area contributed by atoms with E-state index in [2.05, 4.69) is 20.9 Å². The van der Waals surface area contributed by atoms with Crippen molar-refractivity contribution >= 4 is 39.6 Å². The Bertz CT molecular complexity index is 674. The highest BCUT2D eigenvalue weighted by Gasteiger charge is 2.02. The fourth-order valence-electron chi connectivity index (χ4n) is 1.49. The summed E-state index contributed by atoms with van der Waals surface area (Å²) in [7, 11) is 0. The van der Waals surface area contributed by atoms with Gasteiger partial charge in [0.25, 0.3) is 0 Å². The number of rotatable bonds is 4. The number of carbonyl (C=O) groups excluding carboxylic acids is 1. The molecule has 1 heterocycles. The van der Waals surface area contributed by atoms with Gasteiger partial charge in [-0.3, -0.25) is 0 Å². The van der Waals surface area contributed by atoms with E-state index in [4.69, 9.17) is 16.3 Å². The Hall–Kier alpha value is -1.72. The first-order valence-corrected chi connectivity index (χ1v) is 7.12. The second-order valence-electron chi connectivity index (χ2n) is 4.10. The van der Waals surface area contributed by atoms with Crippen LogP contribution in [0, 0.1) is 5.82 Å². The standard InChI is InChI=1S/C15H10BrClFNO2/c16-12-3-4-13(18)11(7-12)2-6-15(20)21-9-10-1-5-14(17)19-8-10/h1-8H,9H2. The van der Waals surface area contributed by atoms with Gasteiger partial charge in [0.1, 0.15) is 17.6 Å². The molecule has 108 valence electrons. The molecular weight excluding hydrogens is 361 g/mol. The summed E-state index contributed by atoms with van der Waals surface area (Å²) in [6.07, 6.45) is 4.06. The molecule has 6 heteroatoms. The van der Waals surface area contributed by atoms with Crippen LogP contribution in [0.4, 0.5) is 4.39 Å². The van der Waals surface area contributed by atoms with Crippen molar-refractivity contribution in [3.63, 3.8) is 0 Å². The number of carbonyl (C=O) groups is 1. The van der Waals surface area contributed by atoms with Crippen LogP contribution in [0.5, 0.6) is 0 Å². The van der Waals surface area contributed by atoms with Crippen molar-refractivity contribution in [3.05, 3.63) is 69.2 Å². The lowest BCUT2D eigenvalue weighted by atomic mass is 10.2. The molecular formula is C15H10BrClFNO2. The summed E-state index contributed by atoms with van der Waals surface area (Å²) in [6, 6.07) is 7.78. The van der Waals surface area contributed by atoms with E-state index < -0.39 is 11.8 Å². The molecule has 0 amide bonds. The van der Waals surface area contributed by atoms with Crippen molar-refractivity contribution in [2.45, 2.75) is 6.61 Å². The Kier molecular flexibility index (Phi) is 5.47. The van der Waals surface area contributed by atoms with E-state index in [9.17, 15) is 9.18 Å². The fraction of sp³-hybridized carbons (Fsp3) is 0.0667. The van der Waals surface area contributed by atoms with E-state index in [0.29, 0.717) is 10.7 Å². The molecule has 0 aliphatic rings. The van der Waals surface area contributed by atoms with E-state index >= 15 is 0 Å². The summed E-state index contributed by atoms with van der Waals surface area (Å²) in [5.74, 6) is -0.978. The van der Waals surface area contributed by atoms with Gasteiger partial charge in [0.05, 0.1) is 0 Å². The number of esters is 1. The summed E-state index contributed by atoms with van der Waals surface area (Å²) in [6.45, 7) is 0.0777. The van der Waals surface area contributed by atoms with Gasteiger partial charge in [-0.2, -0.15) is 0 Å². The molecule has 0 saturated heterocycles. The van der Waals surface area contributed by atoms with Crippen LogP contribution in [-0.4, -0.2) is 11.0 Å². The van der Waals surface area contributed by atoms with E-state index in [1.54, 1.807) is 24.3 Å². The number of aromatic nitrogens is 1. The summed E-state index contributed by atoms with van der Waals surface area (Å²) < 4.78 is 19.2. The average Bonchev–Trinajstić information content (AvgIpc) is 2.47. The van der Waals surface area contributed by atoms with Gasteiger partial charge in [-0.25, -0.2) is 14.2 Å². The van der Waals surface area contributed by atoms with Gasteiger partial charge in [0, 0.05) is 27.9 Å². The third kappa shape index (κ3) is 4.95. The molecule has 1 aromatic carbocycles. The van der Waals surface area contributed by atoms with Crippen molar-refractivity contribution in [2.24, 2.45) is 0 Å². The maximum Gasteiger partial charge on any atom is 0.331 e. The number of hydrogen-bond acceptors (Lipinski definition) is 3. The predicted molar refractivity (Wildman–Crippen MR) is 82.2 cm³/mol. The lowest BCUT2D eigenvalue weighted by Gasteiger charge is -2.02. The zero-order chi connectivity index (χ0) is 15.2. The zero-order valence-electron chi connectivity index (χ0n) is 10.7. The van der Waals surface area contributed by atoms with Crippen LogP contribution in [0.25, 0.3) is 6.08 Å². The lowest BCUT2D eigenvalue weighted by molar-refractivity contribution is -0.138. The molecule has 0 spiro atoms. The third-order valence-electron chi connectivity index (χ3n) is 2.53. The van der Waals surface area contributed by atoms with Gasteiger partial charge in [-0.1, -0.05) is 33.6 Å². The normalized spacial score (nSPS) is 10.8. The number of benzene rings is 1. The molecule has 1 aromatic heterocycles. The van der Waals surface area contributed by atoms with E-state index in [1.165, 1.54) is 24.4 Å². The Labute approximate surface area is 134 Å². The van der Waals surface area contributed by atoms with Gasteiger partial charge in [-0.05, 0) is 30.3 Å². The van der Waals surface area contributed by atoms with Crippen LogP contribution < -0.4 is 0 Å². The van der Waals surface area contributed by atoms with Gasteiger partial charge < -0.3 is 4.74 Å². The SMILES string of the molecule is O=C(C=Cc1cc(Br)ccc1F)OCc1ccc(Cl)nc1. The minimum atomic E-state index is -0.565. The maximum atomic E-state index is 13.5. The average molecular weight is 371 g/mol. The Morgan fingerprint density at radius 2 is 2.19 bits per heavy atom. The van der Waals surface area contributed by atoms with Gasteiger partial charge in [0.15, 0.2) is 0 Å². The third-order valence-corrected chi connectivity index (χ3v) is 3.24. The molecule has 0 aliphatic heterocycles. The number of halogens is 3. The van der Waals surface area contributed by atoms with Crippen LogP contribution in [-0.2, 0) is 16.1 Å².